The lowest BCUT2D eigenvalue weighted by Crippen LogP contribution is -2.26. The van der Waals surface area contributed by atoms with Crippen molar-refractivity contribution in [2.75, 3.05) is 18.9 Å². The van der Waals surface area contributed by atoms with Crippen molar-refractivity contribution in [3.8, 4) is 0 Å². The molecule has 0 aliphatic heterocycles. The highest BCUT2D eigenvalue weighted by atomic mass is 32.2. The van der Waals surface area contributed by atoms with Crippen molar-refractivity contribution in [1.29, 1.82) is 0 Å². The average Bonchev–Trinajstić information content (AvgIpc) is 2.41. The van der Waals surface area contributed by atoms with E-state index in [1.165, 1.54) is 23.9 Å². The standard InChI is InChI=1S/C14H20FNO2S/c15-13-6-4-12(5-7-13)10-19-11-14(18)16-8-2-1-3-9-17/h4-7,17H,1-3,8-11H2,(H,16,18). The third kappa shape index (κ3) is 7.85. The van der Waals surface area contributed by atoms with Gasteiger partial charge in [0.25, 0.3) is 0 Å². The van der Waals surface area contributed by atoms with E-state index in [-0.39, 0.29) is 18.3 Å². The summed E-state index contributed by atoms with van der Waals surface area (Å²) in [7, 11) is 0. The second-order valence-corrected chi connectivity index (χ2v) is 5.24. The number of amides is 1. The van der Waals surface area contributed by atoms with Gasteiger partial charge in [0, 0.05) is 18.9 Å². The number of carbonyl (C=O) groups excluding carboxylic acids is 1. The number of benzene rings is 1. The van der Waals surface area contributed by atoms with Crippen LogP contribution >= 0.6 is 11.8 Å². The van der Waals surface area contributed by atoms with Crippen LogP contribution in [0.15, 0.2) is 24.3 Å². The summed E-state index contributed by atoms with van der Waals surface area (Å²) in [6.45, 7) is 0.872. The molecule has 106 valence electrons. The number of aliphatic hydroxyl groups is 1. The van der Waals surface area contributed by atoms with Crippen LogP contribution in [0.2, 0.25) is 0 Å². The highest BCUT2D eigenvalue weighted by Gasteiger charge is 2.01. The largest absolute Gasteiger partial charge is 0.396 e. The lowest BCUT2D eigenvalue weighted by atomic mass is 10.2. The van der Waals surface area contributed by atoms with Gasteiger partial charge in [-0.1, -0.05) is 12.1 Å². The third-order valence-electron chi connectivity index (χ3n) is 2.57. The molecule has 19 heavy (non-hydrogen) atoms. The van der Waals surface area contributed by atoms with Crippen LogP contribution < -0.4 is 5.32 Å². The number of thioether (sulfide) groups is 1. The Morgan fingerprint density at radius 1 is 1.21 bits per heavy atom. The first kappa shape index (κ1) is 16.0. The summed E-state index contributed by atoms with van der Waals surface area (Å²) in [6.07, 6.45) is 2.61. The van der Waals surface area contributed by atoms with Gasteiger partial charge in [-0.25, -0.2) is 4.39 Å². The molecule has 0 radical (unpaired) electrons. The monoisotopic (exact) mass is 285 g/mol. The van der Waals surface area contributed by atoms with E-state index in [1.54, 1.807) is 12.1 Å². The number of halogens is 1. The van der Waals surface area contributed by atoms with Crippen molar-refractivity contribution in [1.82, 2.24) is 5.32 Å². The summed E-state index contributed by atoms with van der Waals surface area (Å²) in [5.41, 5.74) is 1.02. The summed E-state index contributed by atoms with van der Waals surface area (Å²) in [5.74, 6) is 0.903. The zero-order chi connectivity index (χ0) is 13.9. The van der Waals surface area contributed by atoms with Gasteiger partial charge >= 0.3 is 0 Å². The van der Waals surface area contributed by atoms with Crippen molar-refractivity contribution in [2.24, 2.45) is 0 Å². The molecule has 0 spiro atoms. The SMILES string of the molecule is O=C(CSCc1ccc(F)cc1)NCCCCCO. The Bertz CT molecular complexity index is 370. The molecule has 0 fully saturated rings. The van der Waals surface area contributed by atoms with Gasteiger partial charge in [-0.3, -0.25) is 4.79 Å². The minimum atomic E-state index is -0.241. The quantitative estimate of drug-likeness (QED) is 0.685. The van der Waals surface area contributed by atoms with Crippen LogP contribution in [0.4, 0.5) is 4.39 Å². The molecule has 1 rings (SSSR count). The Labute approximate surface area is 117 Å². The first-order valence-corrected chi connectivity index (χ1v) is 7.57. The van der Waals surface area contributed by atoms with E-state index in [1.807, 2.05) is 0 Å². The van der Waals surface area contributed by atoms with Gasteiger partial charge in [0.1, 0.15) is 5.82 Å². The lowest BCUT2D eigenvalue weighted by molar-refractivity contribution is -0.118. The second kappa shape index (κ2) is 9.81. The summed E-state index contributed by atoms with van der Waals surface area (Å²) in [4.78, 5) is 11.5. The molecule has 0 aliphatic rings. The number of nitrogens with one attached hydrogen (secondary N) is 1. The van der Waals surface area contributed by atoms with E-state index in [0.717, 1.165) is 24.8 Å². The minimum Gasteiger partial charge on any atom is -0.396 e. The molecule has 2 N–H and O–H groups in total. The molecule has 0 heterocycles. The van der Waals surface area contributed by atoms with E-state index in [0.29, 0.717) is 18.1 Å². The van der Waals surface area contributed by atoms with Gasteiger partial charge < -0.3 is 10.4 Å². The van der Waals surface area contributed by atoms with Crippen molar-refractivity contribution in [2.45, 2.75) is 25.0 Å². The van der Waals surface area contributed by atoms with Crippen LogP contribution in [-0.2, 0) is 10.5 Å². The molecular weight excluding hydrogens is 265 g/mol. The first-order chi connectivity index (χ1) is 9.22. The predicted octanol–water partition coefficient (Wildman–Crippen LogP) is 2.34. The molecule has 5 heteroatoms. The van der Waals surface area contributed by atoms with Crippen molar-refractivity contribution in [3.63, 3.8) is 0 Å². The smallest absolute Gasteiger partial charge is 0.230 e. The number of rotatable bonds is 9. The Morgan fingerprint density at radius 3 is 2.63 bits per heavy atom. The molecule has 0 aromatic heterocycles. The summed E-state index contributed by atoms with van der Waals surface area (Å²) >= 11 is 1.51. The number of unbranched alkanes of at least 4 members (excludes halogenated alkanes) is 2. The fraction of sp³-hybridized carbons (Fsp3) is 0.500. The zero-order valence-electron chi connectivity index (χ0n) is 10.9. The first-order valence-electron chi connectivity index (χ1n) is 6.42. The highest BCUT2D eigenvalue weighted by molar-refractivity contribution is 7.99. The molecule has 1 amide bonds. The second-order valence-electron chi connectivity index (χ2n) is 4.25. The maximum absolute atomic E-state index is 12.7. The van der Waals surface area contributed by atoms with E-state index >= 15 is 0 Å². The maximum Gasteiger partial charge on any atom is 0.230 e. The van der Waals surface area contributed by atoms with Crippen molar-refractivity contribution in [3.05, 3.63) is 35.6 Å². The number of aliphatic hydroxyl groups excluding tert-OH is 1. The van der Waals surface area contributed by atoms with Crippen LogP contribution in [0.1, 0.15) is 24.8 Å². The molecule has 1 aromatic carbocycles. The van der Waals surface area contributed by atoms with E-state index in [9.17, 15) is 9.18 Å². The number of hydrogen-bond donors (Lipinski definition) is 2. The van der Waals surface area contributed by atoms with Crippen LogP contribution in [0.25, 0.3) is 0 Å². The fourth-order valence-electron chi connectivity index (χ4n) is 1.53. The van der Waals surface area contributed by atoms with Crippen LogP contribution in [-0.4, -0.2) is 29.9 Å². The molecular formula is C14H20FNO2S. The summed E-state index contributed by atoms with van der Waals surface area (Å²) in [5, 5.41) is 11.4. The van der Waals surface area contributed by atoms with Gasteiger partial charge in [-0.05, 0) is 37.0 Å². The molecule has 0 saturated heterocycles. The molecule has 0 bridgehead atoms. The summed E-state index contributed by atoms with van der Waals surface area (Å²) < 4.78 is 12.7. The van der Waals surface area contributed by atoms with Crippen molar-refractivity contribution < 1.29 is 14.3 Å². The Morgan fingerprint density at radius 2 is 1.95 bits per heavy atom. The molecule has 1 aromatic rings. The fourth-order valence-corrected chi connectivity index (χ4v) is 2.35. The average molecular weight is 285 g/mol. The van der Waals surface area contributed by atoms with E-state index in [4.69, 9.17) is 5.11 Å². The minimum absolute atomic E-state index is 0.0242. The molecule has 3 nitrogen and oxygen atoms in total. The van der Waals surface area contributed by atoms with Gasteiger partial charge in [0.2, 0.25) is 5.91 Å². The van der Waals surface area contributed by atoms with Gasteiger partial charge in [-0.2, -0.15) is 0 Å². The Kier molecular flexibility index (Phi) is 8.25. The van der Waals surface area contributed by atoms with Gasteiger partial charge in [0.05, 0.1) is 5.75 Å². The molecule has 0 aliphatic carbocycles. The molecule has 0 atom stereocenters. The third-order valence-corrected chi connectivity index (χ3v) is 3.58. The van der Waals surface area contributed by atoms with Crippen LogP contribution in [0.5, 0.6) is 0 Å². The van der Waals surface area contributed by atoms with Gasteiger partial charge in [-0.15, -0.1) is 11.8 Å². The Balaban J connectivity index is 2.05. The number of hydrogen-bond acceptors (Lipinski definition) is 3. The van der Waals surface area contributed by atoms with Crippen LogP contribution in [0.3, 0.4) is 0 Å². The van der Waals surface area contributed by atoms with E-state index in [2.05, 4.69) is 5.32 Å². The van der Waals surface area contributed by atoms with Gasteiger partial charge in [0.15, 0.2) is 0 Å². The lowest BCUT2D eigenvalue weighted by Gasteiger charge is -2.05. The molecule has 0 saturated carbocycles. The number of carbonyl (C=O) groups is 1. The maximum atomic E-state index is 12.7. The zero-order valence-corrected chi connectivity index (χ0v) is 11.7. The molecule has 0 unspecified atom stereocenters. The Hall–Kier alpha value is -1.07. The van der Waals surface area contributed by atoms with Crippen LogP contribution in [0, 0.1) is 5.82 Å². The topological polar surface area (TPSA) is 49.3 Å². The summed E-state index contributed by atoms with van der Waals surface area (Å²) in [6, 6.07) is 6.32. The predicted molar refractivity (Wildman–Crippen MR) is 76.5 cm³/mol. The highest BCUT2D eigenvalue weighted by Crippen LogP contribution is 2.12. The van der Waals surface area contributed by atoms with E-state index < -0.39 is 0 Å². The van der Waals surface area contributed by atoms with Crippen molar-refractivity contribution >= 4 is 17.7 Å². The normalized spacial score (nSPS) is 10.4.